The predicted molar refractivity (Wildman–Crippen MR) is 45.8 cm³/mol. The first-order valence-corrected chi connectivity index (χ1v) is 4.56. The van der Waals surface area contributed by atoms with E-state index >= 15 is 0 Å². The average molecular weight is 169 g/mol. The Hall–Kier alpha value is -0.770. The number of amides is 2. The smallest absolute Gasteiger partial charge is 0.314 e. The van der Waals surface area contributed by atoms with Crippen molar-refractivity contribution >= 4 is 6.03 Å². The van der Waals surface area contributed by atoms with Crippen LogP contribution in [-0.4, -0.2) is 48.1 Å². The van der Waals surface area contributed by atoms with Crippen LogP contribution in [0.5, 0.6) is 0 Å². The van der Waals surface area contributed by atoms with Crippen LogP contribution in [0.25, 0.3) is 0 Å². The Kier molecular flexibility index (Phi) is 1.92. The van der Waals surface area contributed by atoms with Gasteiger partial charge in [0, 0.05) is 25.7 Å². The van der Waals surface area contributed by atoms with Gasteiger partial charge in [-0.2, -0.15) is 0 Å². The van der Waals surface area contributed by atoms with Crippen LogP contribution in [0.4, 0.5) is 4.79 Å². The highest BCUT2D eigenvalue weighted by molar-refractivity contribution is 5.72. The van der Waals surface area contributed by atoms with E-state index in [0.717, 1.165) is 19.6 Å². The zero-order chi connectivity index (χ0) is 8.55. The van der Waals surface area contributed by atoms with Gasteiger partial charge >= 0.3 is 6.03 Å². The van der Waals surface area contributed by atoms with E-state index in [9.17, 15) is 4.79 Å². The molecule has 2 fully saturated rings. The van der Waals surface area contributed by atoms with Gasteiger partial charge in [0.1, 0.15) is 0 Å². The minimum absolute atomic E-state index is 0.262. The number of hydrogen-bond acceptors (Lipinski definition) is 2. The van der Waals surface area contributed by atoms with Crippen LogP contribution in [0.15, 0.2) is 0 Å². The largest absolute Gasteiger partial charge is 0.351 e. The molecule has 2 aliphatic rings. The molecule has 2 heterocycles. The van der Waals surface area contributed by atoms with Crippen molar-refractivity contribution in [1.29, 1.82) is 0 Å². The molecule has 12 heavy (non-hydrogen) atoms. The summed E-state index contributed by atoms with van der Waals surface area (Å²) in [6, 6.07) is 0.327. The van der Waals surface area contributed by atoms with Crippen molar-refractivity contribution in [2.75, 3.05) is 26.2 Å². The number of primary amides is 1. The van der Waals surface area contributed by atoms with Crippen molar-refractivity contribution in [3.05, 3.63) is 0 Å². The first-order valence-electron chi connectivity index (χ1n) is 4.56. The molecule has 0 bridgehead atoms. The molecule has 4 heteroatoms. The van der Waals surface area contributed by atoms with Gasteiger partial charge in [0.25, 0.3) is 0 Å². The summed E-state index contributed by atoms with van der Waals surface area (Å²) >= 11 is 0. The number of piperazine rings is 1. The van der Waals surface area contributed by atoms with E-state index in [1.165, 1.54) is 19.4 Å². The molecular formula is C8H15N3O. The first kappa shape index (κ1) is 7.86. The third-order valence-corrected chi connectivity index (χ3v) is 2.90. The van der Waals surface area contributed by atoms with Crippen LogP contribution in [0, 0.1) is 0 Å². The second-order valence-corrected chi connectivity index (χ2v) is 3.62. The van der Waals surface area contributed by atoms with E-state index in [-0.39, 0.29) is 6.03 Å². The predicted octanol–water partition coefficient (Wildman–Crippen LogP) is -0.155. The number of nitrogens with zero attached hydrogens (tertiary/aromatic N) is 2. The number of carbonyl (C=O) groups excluding carboxylic acids is 1. The van der Waals surface area contributed by atoms with Gasteiger partial charge in [-0.1, -0.05) is 0 Å². The summed E-state index contributed by atoms with van der Waals surface area (Å²) in [4.78, 5) is 15.1. The number of fused-ring (bicyclic) bond motifs is 1. The zero-order valence-corrected chi connectivity index (χ0v) is 7.20. The summed E-state index contributed by atoms with van der Waals surface area (Å²) in [6.45, 7) is 3.87. The monoisotopic (exact) mass is 169 g/mol. The maximum absolute atomic E-state index is 10.9. The fourth-order valence-electron chi connectivity index (χ4n) is 2.19. The Labute approximate surface area is 72.3 Å². The van der Waals surface area contributed by atoms with Gasteiger partial charge in [-0.05, 0) is 19.4 Å². The van der Waals surface area contributed by atoms with Crippen molar-refractivity contribution < 1.29 is 4.79 Å². The Morgan fingerprint density at radius 2 is 2.17 bits per heavy atom. The maximum Gasteiger partial charge on any atom is 0.314 e. The van der Waals surface area contributed by atoms with E-state index in [1.54, 1.807) is 4.90 Å². The van der Waals surface area contributed by atoms with Gasteiger partial charge in [-0.15, -0.1) is 0 Å². The van der Waals surface area contributed by atoms with Crippen molar-refractivity contribution in [2.45, 2.75) is 18.9 Å². The fourth-order valence-corrected chi connectivity index (χ4v) is 2.19. The average Bonchev–Trinajstić information content (AvgIpc) is 2.49. The van der Waals surface area contributed by atoms with E-state index in [0.29, 0.717) is 6.04 Å². The highest BCUT2D eigenvalue weighted by atomic mass is 16.2. The van der Waals surface area contributed by atoms with Gasteiger partial charge in [0.05, 0.1) is 0 Å². The summed E-state index contributed by atoms with van der Waals surface area (Å²) in [5, 5.41) is 0. The minimum Gasteiger partial charge on any atom is -0.351 e. The van der Waals surface area contributed by atoms with Gasteiger partial charge in [0.15, 0.2) is 0 Å². The van der Waals surface area contributed by atoms with Crippen LogP contribution >= 0.6 is 0 Å². The molecule has 2 N–H and O–H groups in total. The molecular weight excluding hydrogens is 154 g/mol. The third-order valence-electron chi connectivity index (χ3n) is 2.90. The molecule has 1 atom stereocenters. The molecule has 2 amide bonds. The number of rotatable bonds is 0. The molecule has 0 aromatic heterocycles. The Morgan fingerprint density at radius 1 is 1.33 bits per heavy atom. The normalized spacial score (nSPS) is 30.3. The molecule has 0 aromatic carbocycles. The van der Waals surface area contributed by atoms with Crippen LogP contribution in [0.2, 0.25) is 0 Å². The van der Waals surface area contributed by atoms with Crippen LogP contribution < -0.4 is 5.73 Å². The molecule has 0 aromatic rings. The van der Waals surface area contributed by atoms with Gasteiger partial charge < -0.3 is 10.6 Å². The molecule has 0 radical (unpaired) electrons. The summed E-state index contributed by atoms with van der Waals surface area (Å²) in [5.74, 6) is 0. The third kappa shape index (κ3) is 1.27. The lowest BCUT2D eigenvalue weighted by molar-refractivity contribution is 0.122. The topological polar surface area (TPSA) is 49.6 Å². The maximum atomic E-state index is 10.9. The Morgan fingerprint density at radius 3 is 2.92 bits per heavy atom. The summed E-state index contributed by atoms with van der Waals surface area (Å²) < 4.78 is 0. The minimum atomic E-state index is -0.262. The molecule has 2 aliphatic heterocycles. The summed E-state index contributed by atoms with van der Waals surface area (Å²) in [5.41, 5.74) is 5.22. The molecule has 2 saturated heterocycles. The van der Waals surface area contributed by atoms with Crippen molar-refractivity contribution in [3.8, 4) is 0 Å². The van der Waals surface area contributed by atoms with Crippen LogP contribution in [-0.2, 0) is 0 Å². The molecule has 0 aliphatic carbocycles. The van der Waals surface area contributed by atoms with E-state index in [4.69, 9.17) is 5.73 Å². The first-order chi connectivity index (χ1) is 5.77. The molecule has 0 saturated carbocycles. The highest BCUT2D eigenvalue weighted by Crippen LogP contribution is 2.20. The van der Waals surface area contributed by atoms with E-state index in [1.807, 2.05) is 0 Å². The number of urea groups is 1. The lowest BCUT2D eigenvalue weighted by Crippen LogP contribution is -2.53. The lowest BCUT2D eigenvalue weighted by atomic mass is 10.2. The number of carbonyl (C=O) groups is 1. The van der Waals surface area contributed by atoms with Crippen LogP contribution in [0.1, 0.15) is 12.8 Å². The van der Waals surface area contributed by atoms with Crippen molar-refractivity contribution in [2.24, 2.45) is 5.73 Å². The zero-order valence-electron chi connectivity index (χ0n) is 7.20. The molecule has 4 nitrogen and oxygen atoms in total. The number of hydrogen-bond donors (Lipinski definition) is 1. The van der Waals surface area contributed by atoms with Gasteiger partial charge in [-0.25, -0.2) is 4.79 Å². The summed E-state index contributed by atoms with van der Waals surface area (Å²) in [7, 11) is 0. The molecule has 68 valence electrons. The van der Waals surface area contributed by atoms with Gasteiger partial charge in [-0.3, -0.25) is 4.90 Å². The van der Waals surface area contributed by atoms with Crippen molar-refractivity contribution in [1.82, 2.24) is 9.80 Å². The Balaban J connectivity index is 1.96. The molecule has 1 unspecified atom stereocenters. The molecule has 0 spiro atoms. The fraction of sp³-hybridized carbons (Fsp3) is 0.875. The number of nitrogens with two attached hydrogens (primary N) is 1. The Bertz CT molecular complexity index is 195. The molecule has 2 rings (SSSR count). The van der Waals surface area contributed by atoms with E-state index in [2.05, 4.69) is 4.90 Å². The van der Waals surface area contributed by atoms with Gasteiger partial charge in [0.2, 0.25) is 0 Å². The van der Waals surface area contributed by atoms with Crippen molar-refractivity contribution in [3.63, 3.8) is 0 Å². The second kappa shape index (κ2) is 2.94. The van der Waals surface area contributed by atoms with Crippen LogP contribution in [0.3, 0.4) is 0 Å². The highest BCUT2D eigenvalue weighted by Gasteiger charge is 2.31. The van der Waals surface area contributed by atoms with E-state index < -0.39 is 0 Å². The summed E-state index contributed by atoms with van der Waals surface area (Å²) in [6.07, 6.45) is 2.50. The standard InChI is InChI=1S/C8H15N3O/c9-8(12)11-5-4-10-3-1-2-7(10)6-11/h7H,1-6H2,(H2,9,12). The quantitative estimate of drug-likeness (QED) is 0.548. The SMILES string of the molecule is NC(=O)N1CCN2CCCC2C1. The lowest BCUT2D eigenvalue weighted by Gasteiger charge is -2.36. The second-order valence-electron chi connectivity index (χ2n) is 3.62.